The smallest absolute Gasteiger partial charge is 0.317 e. The number of rotatable bonds is 5. The Kier molecular flexibility index (Phi) is 4.97. The number of carbonyl (C=O) groups is 1. The minimum Gasteiger partial charge on any atom is -0.338 e. The molecule has 1 aromatic heterocycles. The molecule has 3 atom stereocenters. The van der Waals surface area contributed by atoms with E-state index >= 15 is 0 Å². The first kappa shape index (κ1) is 16.9. The topological polar surface area (TPSA) is 64.3 Å². The first-order chi connectivity index (χ1) is 12.2. The van der Waals surface area contributed by atoms with Gasteiger partial charge in [0, 0.05) is 44.5 Å². The van der Waals surface area contributed by atoms with E-state index in [9.17, 15) is 4.79 Å². The number of nitrogens with one attached hydrogen (secondary N) is 2. The van der Waals surface area contributed by atoms with E-state index in [0.717, 1.165) is 69.1 Å². The fourth-order valence-corrected chi connectivity index (χ4v) is 5.13. The summed E-state index contributed by atoms with van der Waals surface area (Å²) in [7, 11) is 0. The van der Waals surface area contributed by atoms with Crippen LogP contribution in [0.3, 0.4) is 0 Å². The second-order valence-electron chi connectivity index (χ2n) is 8.12. The van der Waals surface area contributed by atoms with Gasteiger partial charge in [-0.3, -0.25) is 10.00 Å². The average Bonchev–Trinajstić information content (AvgIpc) is 3.36. The van der Waals surface area contributed by atoms with Gasteiger partial charge in [-0.2, -0.15) is 5.10 Å². The van der Waals surface area contributed by atoms with Crippen LogP contribution in [0.2, 0.25) is 0 Å². The van der Waals surface area contributed by atoms with Crippen molar-refractivity contribution >= 4 is 6.03 Å². The number of aryl methyl sites for hydroxylation is 2. The van der Waals surface area contributed by atoms with Crippen LogP contribution in [0.15, 0.2) is 6.20 Å². The van der Waals surface area contributed by atoms with Crippen LogP contribution in [-0.2, 0) is 6.42 Å². The maximum Gasteiger partial charge on any atom is 0.317 e. The SMILES string of the molecule is Cc1[nH]ncc1CCCNC(=O)N1CCN([C@H]2C[C@H]3CC[C@H]2C3)CC1. The van der Waals surface area contributed by atoms with Gasteiger partial charge in [0.25, 0.3) is 0 Å². The summed E-state index contributed by atoms with van der Waals surface area (Å²) in [6.45, 7) is 6.62. The van der Waals surface area contributed by atoms with Gasteiger partial charge in [-0.25, -0.2) is 4.79 Å². The maximum atomic E-state index is 12.4. The Bertz CT molecular complexity index is 592. The number of amides is 2. The number of nitrogens with zero attached hydrogens (tertiary/aromatic N) is 3. The van der Waals surface area contributed by atoms with Crippen LogP contribution in [0.1, 0.15) is 43.4 Å². The number of piperazine rings is 1. The fourth-order valence-electron chi connectivity index (χ4n) is 5.13. The van der Waals surface area contributed by atoms with Crippen LogP contribution in [0.25, 0.3) is 0 Å². The highest BCUT2D eigenvalue weighted by atomic mass is 16.2. The van der Waals surface area contributed by atoms with Crippen LogP contribution in [0, 0.1) is 18.8 Å². The summed E-state index contributed by atoms with van der Waals surface area (Å²) in [6, 6.07) is 0.915. The lowest BCUT2D eigenvalue weighted by Gasteiger charge is -2.41. The molecule has 25 heavy (non-hydrogen) atoms. The quantitative estimate of drug-likeness (QED) is 0.804. The molecule has 6 nitrogen and oxygen atoms in total. The zero-order chi connectivity index (χ0) is 17.2. The summed E-state index contributed by atoms with van der Waals surface area (Å²) in [5, 5.41) is 10.1. The van der Waals surface area contributed by atoms with Gasteiger partial charge < -0.3 is 10.2 Å². The standard InChI is InChI=1S/C19H31N5O/c1-14-17(13-21-22-14)3-2-6-20-19(25)24-9-7-23(8-10-24)18-12-15-4-5-16(18)11-15/h13,15-16,18H,2-12H2,1H3,(H,20,25)(H,21,22)/t15-,16-,18-/m0/s1. The van der Waals surface area contributed by atoms with E-state index in [4.69, 9.17) is 0 Å². The highest BCUT2D eigenvalue weighted by Crippen LogP contribution is 2.46. The average molecular weight is 345 g/mol. The molecule has 2 heterocycles. The van der Waals surface area contributed by atoms with Gasteiger partial charge in [0.15, 0.2) is 0 Å². The molecule has 0 spiro atoms. The van der Waals surface area contributed by atoms with E-state index < -0.39 is 0 Å². The molecule has 1 aliphatic heterocycles. The van der Waals surface area contributed by atoms with Crippen LogP contribution >= 0.6 is 0 Å². The molecule has 3 fully saturated rings. The second kappa shape index (κ2) is 7.36. The third kappa shape index (κ3) is 3.68. The number of fused-ring (bicyclic) bond motifs is 2. The predicted molar refractivity (Wildman–Crippen MR) is 97.4 cm³/mol. The Balaban J connectivity index is 1.15. The summed E-state index contributed by atoms with van der Waals surface area (Å²) in [5.74, 6) is 1.94. The number of hydrogen-bond donors (Lipinski definition) is 2. The normalized spacial score (nSPS) is 29.3. The molecule has 1 saturated heterocycles. The molecule has 0 radical (unpaired) electrons. The van der Waals surface area contributed by atoms with Gasteiger partial charge in [0.1, 0.15) is 0 Å². The number of aromatic amines is 1. The zero-order valence-electron chi connectivity index (χ0n) is 15.3. The van der Waals surface area contributed by atoms with E-state index in [1.165, 1.54) is 31.2 Å². The van der Waals surface area contributed by atoms with Gasteiger partial charge in [0.2, 0.25) is 0 Å². The highest BCUT2D eigenvalue weighted by Gasteiger charge is 2.42. The Morgan fingerprint density at radius 1 is 1.28 bits per heavy atom. The Morgan fingerprint density at radius 2 is 2.12 bits per heavy atom. The Hall–Kier alpha value is -1.56. The minimum atomic E-state index is 0.108. The van der Waals surface area contributed by atoms with Crippen molar-refractivity contribution in [3.05, 3.63) is 17.5 Å². The van der Waals surface area contributed by atoms with Crippen LogP contribution in [0.5, 0.6) is 0 Å². The molecule has 0 unspecified atom stereocenters. The third-order valence-electron chi connectivity index (χ3n) is 6.60. The van der Waals surface area contributed by atoms with Gasteiger partial charge >= 0.3 is 6.03 Å². The van der Waals surface area contributed by atoms with Crippen molar-refractivity contribution in [2.45, 2.75) is 51.5 Å². The van der Waals surface area contributed by atoms with Crippen LogP contribution < -0.4 is 5.32 Å². The molecular formula is C19H31N5O. The molecular weight excluding hydrogens is 314 g/mol. The lowest BCUT2D eigenvalue weighted by atomic mass is 9.93. The molecule has 6 heteroatoms. The second-order valence-corrected chi connectivity index (χ2v) is 8.12. The van der Waals surface area contributed by atoms with Crippen molar-refractivity contribution in [1.82, 2.24) is 25.3 Å². The number of urea groups is 1. The number of hydrogen-bond acceptors (Lipinski definition) is 3. The molecule has 2 bridgehead atoms. The number of carbonyl (C=O) groups excluding carboxylic acids is 1. The van der Waals surface area contributed by atoms with Gasteiger partial charge in [-0.05, 0) is 56.4 Å². The minimum absolute atomic E-state index is 0.108. The molecule has 2 N–H and O–H groups in total. The Labute approximate surface area is 150 Å². The van der Waals surface area contributed by atoms with Crippen molar-refractivity contribution in [1.29, 1.82) is 0 Å². The van der Waals surface area contributed by atoms with Crippen molar-refractivity contribution in [3.8, 4) is 0 Å². The molecule has 3 aliphatic rings. The molecule has 2 aliphatic carbocycles. The first-order valence-corrected chi connectivity index (χ1v) is 9.96. The van der Waals surface area contributed by atoms with Gasteiger partial charge in [-0.15, -0.1) is 0 Å². The lowest BCUT2D eigenvalue weighted by Crippen LogP contribution is -2.55. The molecule has 2 amide bonds. The van der Waals surface area contributed by atoms with Crippen molar-refractivity contribution in [2.75, 3.05) is 32.7 Å². The van der Waals surface area contributed by atoms with E-state index in [1.807, 2.05) is 18.0 Å². The van der Waals surface area contributed by atoms with E-state index in [0.29, 0.717) is 0 Å². The third-order valence-corrected chi connectivity index (χ3v) is 6.60. The number of H-pyrrole nitrogens is 1. The van der Waals surface area contributed by atoms with E-state index in [2.05, 4.69) is 20.4 Å². The summed E-state index contributed by atoms with van der Waals surface area (Å²) in [4.78, 5) is 17.0. The van der Waals surface area contributed by atoms with Crippen molar-refractivity contribution in [2.24, 2.45) is 11.8 Å². The van der Waals surface area contributed by atoms with Gasteiger partial charge in [-0.1, -0.05) is 6.42 Å². The monoisotopic (exact) mass is 345 g/mol. The van der Waals surface area contributed by atoms with Crippen molar-refractivity contribution in [3.63, 3.8) is 0 Å². The molecule has 2 saturated carbocycles. The summed E-state index contributed by atoms with van der Waals surface area (Å²) in [5.41, 5.74) is 2.37. The fraction of sp³-hybridized carbons (Fsp3) is 0.789. The van der Waals surface area contributed by atoms with Gasteiger partial charge in [0.05, 0.1) is 6.20 Å². The van der Waals surface area contributed by atoms with E-state index in [-0.39, 0.29) is 6.03 Å². The molecule has 4 rings (SSSR count). The van der Waals surface area contributed by atoms with E-state index in [1.54, 1.807) is 0 Å². The van der Waals surface area contributed by atoms with Crippen LogP contribution in [-0.4, -0.2) is 64.8 Å². The van der Waals surface area contributed by atoms with Crippen LogP contribution in [0.4, 0.5) is 4.79 Å². The first-order valence-electron chi connectivity index (χ1n) is 9.96. The summed E-state index contributed by atoms with van der Waals surface area (Å²) >= 11 is 0. The Morgan fingerprint density at radius 3 is 2.76 bits per heavy atom. The highest BCUT2D eigenvalue weighted by molar-refractivity contribution is 5.74. The predicted octanol–water partition coefficient (Wildman–Crippen LogP) is 2.17. The number of aromatic nitrogens is 2. The summed E-state index contributed by atoms with van der Waals surface area (Å²) < 4.78 is 0. The molecule has 1 aromatic rings. The zero-order valence-corrected chi connectivity index (χ0v) is 15.3. The summed E-state index contributed by atoms with van der Waals surface area (Å²) in [6.07, 6.45) is 9.56. The molecule has 138 valence electrons. The lowest BCUT2D eigenvalue weighted by molar-refractivity contribution is 0.0827. The largest absolute Gasteiger partial charge is 0.338 e. The van der Waals surface area contributed by atoms with Crippen molar-refractivity contribution < 1.29 is 4.79 Å². The molecule has 0 aromatic carbocycles. The maximum absolute atomic E-state index is 12.4.